The zero-order chi connectivity index (χ0) is 21.1. The molecule has 1 heterocycles. The number of rotatable bonds is 5. The molecule has 30 heavy (non-hydrogen) atoms. The van der Waals surface area contributed by atoms with E-state index in [4.69, 9.17) is 0 Å². The summed E-state index contributed by atoms with van der Waals surface area (Å²) in [6.07, 6.45) is 1.16. The molecule has 0 saturated carbocycles. The summed E-state index contributed by atoms with van der Waals surface area (Å²) in [6, 6.07) is 23.4. The number of anilines is 1. The fourth-order valence-corrected chi connectivity index (χ4v) is 5.47. The lowest BCUT2D eigenvalue weighted by Gasteiger charge is -2.24. The van der Waals surface area contributed by atoms with Crippen LogP contribution in [0, 0.1) is 6.92 Å². The molecule has 4 rings (SSSR count). The van der Waals surface area contributed by atoms with Gasteiger partial charge in [-0.2, -0.15) is 4.31 Å². The second-order valence-corrected chi connectivity index (χ2v) is 9.38. The van der Waals surface area contributed by atoms with Crippen LogP contribution in [0.5, 0.6) is 0 Å². The zero-order valence-electron chi connectivity index (χ0n) is 16.8. The molecule has 1 amide bonds. The minimum absolute atomic E-state index is 0.220. The van der Waals surface area contributed by atoms with Crippen LogP contribution in [0.2, 0.25) is 0 Å². The Morgan fingerprint density at radius 1 is 0.933 bits per heavy atom. The lowest BCUT2D eigenvalue weighted by molar-refractivity contribution is -0.119. The van der Waals surface area contributed by atoms with Crippen molar-refractivity contribution >= 4 is 21.6 Å². The Balaban J connectivity index is 1.59. The Bertz CT molecular complexity index is 1140. The maximum Gasteiger partial charge on any atom is 0.243 e. The molecule has 0 bridgehead atoms. The predicted octanol–water partition coefficient (Wildman–Crippen LogP) is 4.45. The number of aryl methyl sites for hydroxylation is 1. The third-order valence-electron chi connectivity index (χ3n) is 5.40. The quantitative estimate of drug-likeness (QED) is 0.663. The Morgan fingerprint density at radius 2 is 1.60 bits per heavy atom. The first kappa shape index (κ1) is 20.3. The van der Waals surface area contributed by atoms with Gasteiger partial charge in [0.15, 0.2) is 0 Å². The first-order chi connectivity index (χ1) is 14.5. The number of carbonyl (C=O) groups is 1. The molecule has 3 aromatic rings. The first-order valence-corrected chi connectivity index (χ1v) is 11.4. The van der Waals surface area contributed by atoms with Crippen LogP contribution in [0.1, 0.15) is 18.4 Å². The van der Waals surface area contributed by atoms with Gasteiger partial charge >= 0.3 is 0 Å². The van der Waals surface area contributed by atoms with Gasteiger partial charge in [0.25, 0.3) is 0 Å². The van der Waals surface area contributed by atoms with Crippen molar-refractivity contribution in [2.24, 2.45) is 0 Å². The van der Waals surface area contributed by atoms with E-state index in [1.54, 1.807) is 24.3 Å². The van der Waals surface area contributed by atoms with E-state index in [2.05, 4.69) is 5.32 Å². The topological polar surface area (TPSA) is 66.5 Å². The number of sulfonamides is 1. The lowest BCUT2D eigenvalue weighted by atomic mass is 10.0. The number of amides is 1. The molecule has 154 valence electrons. The van der Waals surface area contributed by atoms with Crippen molar-refractivity contribution < 1.29 is 13.2 Å². The number of nitrogens with one attached hydrogen (secondary N) is 1. The van der Waals surface area contributed by atoms with E-state index in [1.807, 2.05) is 61.5 Å². The Kier molecular flexibility index (Phi) is 5.70. The molecule has 0 aliphatic carbocycles. The average Bonchev–Trinajstić information content (AvgIpc) is 3.26. The first-order valence-electron chi connectivity index (χ1n) is 10.0. The fourth-order valence-electron chi connectivity index (χ4n) is 3.81. The Hall–Kier alpha value is -2.96. The van der Waals surface area contributed by atoms with Gasteiger partial charge in [-0.1, -0.05) is 66.2 Å². The van der Waals surface area contributed by atoms with Crippen LogP contribution in [-0.4, -0.2) is 31.2 Å². The van der Waals surface area contributed by atoms with Crippen LogP contribution >= 0.6 is 0 Å². The number of para-hydroxylation sites is 1. The molecule has 6 heteroatoms. The third kappa shape index (κ3) is 4.01. The van der Waals surface area contributed by atoms with Gasteiger partial charge in [-0.15, -0.1) is 0 Å². The van der Waals surface area contributed by atoms with Crippen LogP contribution in [0.15, 0.2) is 83.8 Å². The van der Waals surface area contributed by atoms with Gasteiger partial charge in [0.2, 0.25) is 15.9 Å². The molecule has 5 nitrogen and oxygen atoms in total. The highest BCUT2D eigenvalue weighted by Gasteiger charge is 2.39. The number of hydrogen-bond acceptors (Lipinski definition) is 3. The van der Waals surface area contributed by atoms with E-state index in [0.717, 1.165) is 16.7 Å². The molecule has 1 atom stereocenters. The summed E-state index contributed by atoms with van der Waals surface area (Å²) in [7, 11) is -3.73. The third-order valence-corrected chi connectivity index (χ3v) is 7.33. The monoisotopic (exact) mass is 420 g/mol. The number of nitrogens with zero attached hydrogens (tertiary/aromatic N) is 1. The molecule has 0 unspecified atom stereocenters. The molecule has 1 aliphatic heterocycles. The average molecular weight is 421 g/mol. The number of carbonyl (C=O) groups excluding carboxylic acids is 1. The number of benzene rings is 3. The van der Waals surface area contributed by atoms with Crippen LogP contribution in [-0.2, 0) is 14.8 Å². The second kappa shape index (κ2) is 8.42. The van der Waals surface area contributed by atoms with Crippen LogP contribution in [0.25, 0.3) is 11.1 Å². The maximum absolute atomic E-state index is 13.1. The van der Waals surface area contributed by atoms with E-state index in [9.17, 15) is 13.2 Å². The predicted molar refractivity (Wildman–Crippen MR) is 119 cm³/mol. The number of hydrogen-bond donors (Lipinski definition) is 1. The van der Waals surface area contributed by atoms with Gasteiger partial charge in [0.1, 0.15) is 6.04 Å². The maximum atomic E-state index is 13.1. The summed E-state index contributed by atoms with van der Waals surface area (Å²) >= 11 is 0. The molecule has 1 saturated heterocycles. The van der Waals surface area contributed by atoms with Gasteiger partial charge < -0.3 is 5.32 Å². The van der Waals surface area contributed by atoms with E-state index < -0.39 is 16.1 Å². The minimum Gasteiger partial charge on any atom is -0.324 e. The van der Waals surface area contributed by atoms with Crippen molar-refractivity contribution in [2.45, 2.75) is 30.7 Å². The van der Waals surface area contributed by atoms with Crippen molar-refractivity contribution in [1.29, 1.82) is 0 Å². The molecule has 0 radical (unpaired) electrons. The normalized spacial score (nSPS) is 17.0. The molecule has 0 aromatic heterocycles. The van der Waals surface area contributed by atoms with Crippen LogP contribution in [0.3, 0.4) is 0 Å². The van der Waals surface area contributed by atoms with Crippen molar-refractivity contribution in [3.63, 3.8) is 0 Å². The molecular weight excluding hydrogens is 396 g/mol. The molecule has 1 aliphatic rings. The van der Waals surface area contributed by atoms with Crippen molar-refractivity contribution in [3.05, 3.63) is 84.4 Å². The largest absolute Gasteiger partial charge is 0.324 e. The minimum atomic E-state index is -3.73. The van der Waals surface area contributed by atoms with E-state index in [0.29, 0.717) is 25.1 Å². The summed E-state index contributed by atoms with van der Waals surface area (Å²) in [6.45, 7) is 2.25. The Labute approximate surface area is 177 Å². The van der Waals surface area contributed by atoms with E-state index in [1.165, 1.54) is 4.31 Å². The van der Waals surface area contributed by atoms with Gasteiger partial charge in [-0.05, 0) is 43.5 Å². The summed E-state index contributed by atoms with van der Waals surface area (Å²) in [5.41, 5.74) is 3.55. The lowest BCUT2D eigenvalue weighted by Crippen LogP contribution is -2.43. The SMILES string of the molecule is Cc1ccc(S(=O)(=O)N2CCC[C@H]2C(=O)Nc2ccccc2-c2ccccc2)cc1. The van der Waals surface area contributed by atoms with Crippen LogP contribution < -0.4 is 5.32 Å². The summed E-state index contributed by atoms with van der Waals surface area (Å²) < 4.78 is 27.6. The summed E-state index contributed by atoms with van der Waals surface area (Å²) in [5.74, 6) is -0.299. The summed E-state index contributed by atoms with van der Waals surface area (Å²) in [4.78, 5) is 13.3. The highest BCUT2D eigenvalue weighted by Crippen LogP contribution is 2.30. The molecular formula is C24H24N2O3S. The fraction of sp³-hybridized carbons (Fsp3) is 0.208. The second-order valence-electron chi connectivity index (χ2n) is 7.49. The molecule has 0 spiro atoms. The van der Waals surface area contributed by atoms with E-state index >= 15 is 0 Å². The van der Waals surface area contributed by atoms with Crippen molar-refractivity contribution in [1.82, 2.24) is 4.31 Å². The standard InChI is InChI=1S/C24H24N2O3S/c1-18-13-15-20(16-14-18)30(28,29)26-17-7-12-23(26)24(27)25-22-11-6-5-10-21(22)19-8-3-2-4-9-19/h2-6,8-11,13-16,23H,7,12,17H2,1H3,(H,25,27)/t23-/m0/s1. The van der Waals surface area contributed by atoms with Crippen LogP contribution in [0.4, 0.5) is 5.69 Å². The highest BCUT2D eigenvalue weighted by molar-refractivity contribution is 7.89. The molecule has 1 N–H and O–H groups in total. The molecule has 1 fully saturated rings. The Morgan fingerprint density at radius 3 is 2.33 bits per heavy atom. The molecule has 3 aromatic carbocycles. The smallest absolute Gasteiger partial charge is 0.243 e. The van der Waals surface area contributed by atoms with Crippen molar-refractivity contribution in [3.8, 4) is 11.1 Å². The summed E-state index contributed by atoms with van der Waals surface area (Å²) in [5, 5.41) is 2.97. The van der Waals surface area contributed by atoms with E-state index in [-0.39, 0.29) is 10.8 Å². The zero-order valence-corrected chi connectivity index (χ0v) is 17.6. The highest BCUT2D eigenvalue weighted by atomic mass is 32.2. The van der Waals surface area contributed by atoms with Gasteiger partial charge in [0.05, 0.1) is 4.90 Å². The van der Waals surface area contributed by atoms with Gasteiger partial charge in [0, 0.05) is 17.8 Å². The van der Waals surface area contributed by atoms with Gasteiger partial charge in [-0.3, -0.25) is 4.79 Å². The van der Waals surface area contributed by atoms with Gasteiger partial charge in [-0.25, -0.2) is 8.42 Å². The van der Waals surface area contributed by atoms with Crippen molar-refractivity contribution in [2.75, 3.05) is 11.9 Å².